The molecule has 0 unspecified atom stereocenters. The number of nitrogens with zero attached hydrogens (tertiary/aromatic N) is 3. The molecule has 0 aromatic heterocycles. The molecule has 0 amide bonds. The zero-order valence-corrected chi connectivity index (χ0v) is 15.4. The molecule has 0 radical (unpaired) electrons. The van der Waals surface area contributed by atoms with E-state index in [9.17, 15) is 0 Å². The summed E-state index contributed by atoms with van der Waals surface area (Å²) in [6, 6.07) is 22.6. The van der Waals surface area contributed by atoms with Crippen LogP contribution in [0.25, 0.3) is 21.6 Å². The van der Waals surface area contributed by atoms with Gasteiger partial charge in [0.1, 0.15) is 5.75 Å². The van der Waals surface area contributed by atoms with Gasteiger partial charge in [-0.2, -0.15) is 0 Å². The van der Waals surface area contributed by atoms with Crippen LogP contribution in [0.1, 0.15) is 0 Å². The maximum absolute atomic E-state index is 8.81. The molecule has 7 heteroatoms. The highest BCUT2D eigenvalue weighted by atomic mass is 32.1. The third-order valence-electron chi connectivity index (χ3n) is 3.87. The first-order valence-corrected chi connectivity index (χ1v) is 8.57. The van der Waals surface area contributed by atoms with E-state index in [1.165, 1.54) is 0 Å². The minimum absolute atomic E-state index is 0.453. The van der Waals surface area contributed by atoms with Crippen molar-refractivity contribution in [3.8, 4) is 16.9 Å². The summed E-state index contributed by atoms with van der Waals surface area (Å²) in [6.07, 6.45) is 0. The highest BCUT2D eigenvalue weighted by Gasteiger charge is 2.09. The van der Waals surface area contributed by atoms with Gasteiger partial charge in [0.2, 0.25) is 0 Å². The monoisotopic (exact) mass is 375 g/mol. The van der Waals surface area contributed by atoms with Crippen LogP contribution in [0.2, 0.25) is 0 Å². The normalized spacial score (nSPS) is 9.81. The van der Waals surface area contributed by atoms with Crippen molar-refractivity contribution >= 4 is 34.4 Å². The molecule has 0 saturated heterocycles. The van der Waals surface area contributed by atoms with Crippen molar-refractivity contribution in [1.29, 1.82) is 0 Å². The molecule has 0 aliphatic carbocycles. The second kappa shape index (κ2) is 8.71. The Balaban J connectivity index is 1.84. The third-order valence-corrected chi connectivity index (χ3v) is 4.07. The fourth-order valence-electron chi connectivity index (χ4n) is 2.62. The van der Waals surface area contributed by atoms with Crippen molar-refractivity contribution in [2.75, 3.05) is 17.7 Å². The van der Waals surface area contributed by atoms with Crippen molar-refractivity contribution in [3.05, 3.63) is 83.2 Å². The smallest absolute Gasteiger partial charge is 0.175 e. The summed E-state index contributed by atoms with van der Waals surface area (Å²) in [4.78, 5) is 2.91. The van der Waals surface area contributed by atoms with Crippen LogP contribution in [-0.2, 0) is 0 Å². The van der Waals surface area contributed by atoms with Crippen molar-refractivity contribution in [2.24, 2.45) is 5.11 Å². The second-order valence-corrected chi connectivity index (χ2v) is 5.97. The molecule has 0 atom stereocenters. The summed E-state index contributed by atoms with van der Waals surface area (Å²) in [5, 5.41) is 10.6. The Morgan fingerprint density at radius 2 is 1.59 bits per heavy atom. The van der Waals surface area contributed by atoms with E-state index in [4.69, 9.17) is 22.5 Å². The number of anilines is 2. The second-order valence-electron chi connectivity index (χ2n) is 5.56. The number of rotatable bonds is 5. The Bertz CT molecular complexity index is 997. The largest absolute Gasteiger partial charge is 0.497 e. The van der Waals surface area contributed by atoms with Gasteiger partial charge in [-0.3, -0.25) is 0 Å². The standard InChI is InChI=1S/C20H17N5OS/c1-26-15-12-10-14(11-13-15)22-20(27)23-18-8-4-2-6-16(18)17-7-3-5-9-19(17)24-25-21/h2-13H,1H3,(H2,22,23,27). The first-order chi connectivity index (χ1) is 13.2. The average molecular weight is 375 g/mol. The Labute approximate surface area is 162 Å². The predicted octanol–water partition coefficient (Wildman–Crippen LogP) is 6.11. The highest BCUT2D eigenvalue weighted by Crippen LogP contribution is 2.35. The van der Waals surface area contributed by atoms with Crippen LogP contribution in [-0.4, -0.2) is 12.2 Å². The SMILES string of the molecule is COc1ccc(NC(=S)Nc2ccccc2-c2ccccc2N=[N+]=[N-])cc1. The Morgan fingerprint density at radius 3 is 2.30 bits per heavy atom. The van der Waals surface area contributed by atoms with E-state index in [1.54, 1.807) is 13.2 Å². The molecular weight excluding hydrogens is 358 g/mol. The lowest BCUT2D eigenvalue weighted by molar-refractivity contribution is 0.415. The third kappa shape index (κ3) is 4.55. The number of methoxy groups -OCH3 is 1. The van der Waals surface area contributed by atoms with Crippen LogP contribution < -0.4 is 15.4 Å². The number of para-hydroxylation sites is 1. The van der Waals surface area contributed by atoms with Gasteiger partial charge < -0.3 is 15.4 Å². The molecular formula is C20H17N5OS. The lowest BCUT2D eigenvalue weighted by Gasteiger charge is -2.15. The quantitative estimate of drug-likeness (QED) is 0.244. The molecule has 6 nitrogen and oxygen atoms in total. The molecule has 0 heterocycles. The summed E-state index contributed by atoms with van der Waals surface area (Å²) in [5.74, 6) is 0.777. The van der Waals surface area contributed by atoms with Gasteiger partial charge in [-0.15, -0.1) is 0 Å². The van der Waals surface area contributed by atoms with Gasteiger partial charge in [0.05, 0.1) is 7.11 Å². The van der Waals surface area contributed by atoms with Gasteiger partial charge in [0, 0.05) is 27.5 Å². The highest BCUT2D eigenvalue weighted by molar-refractivity contribution is 7.80. The zero-order chi connectivity index (χ0) is 19.1. The van der Waals surface area contributed by atoms with Gasteiger partial charge in [-0.05, 0) is 53.6 Å². The van der Waals surface area contributed by atoms with Crippen molar-refractivity contribution in [3.63, 3.8) is 0 Å². The number of nitrogens with one attached hydrogen (secondary N) is 2. The molecule has 0 aliphatic heterocycles. The number of azide groups is 1. The first kappa shape index (κ1) is 18.3. The fraction of sp³-hybridized carbons (Fsp3) is 0.0500. The summed E-state index contributed by atoms with van der Waals surface area (Å²) in [6.45, 7) is 0. The molecule has 0 saturated carbocycles. The minimum atomic E-state index is 0.453. The zero-order valence-electron chi connectivity index (χ0n) is 14.6. The van der Waals surface area contributed by atoms with Crippen LogP contribution >= 0.6 is 12.2 Å². The molecule has 2 N–H and O–H groups in total. The molecule has 0 fully saturated rings. The molecule has 0 spiro atoms. The van der Waals surface area contributed by atoms with Crippen LogP contribution in [0.5, 0.6) is 5.75 Å². The van der Waals surface area contributed by atoms with Crippen LogP contribution in [0.4, 0.5) is 17.1 Å². The van der Waals surface area contributed by atoms with Crippen molar-refractivity contribution in [1.82, 2.24) is 0 Å². The van der Waals surface area contributed by atoms with Crippen LogP contribution in [0, 0.1) is 0 Å². The van der Waals surface area contributed by atoms with Gasteiger partial charge in [-0.1, -0.05) is 47.6 Å². The van der Waals surface area contributed by atoms with E-state index in [1.807, 2.05) is 66.7 Å². The number of hydrogen-bond acceptors (Lipinski definition) is 3. The lowest BCUT2D eigenvalue weighted by atomic mass is 10.0. The molecule has 3 rings (SSSR count). The maximum Gasteiger partial charge on any atom is 0.175 e. The van der Waals surface area contributed by atoms with E-state index in [-0.39, 0.29) is 0 Å². The Kier molecular flexibility index (Phi) is 5.89. The molecule has 3 aromatic carbocycles. The van der Waals surface area contributed by atoms with Gasteiger partial charge in [0.25, 0.3) is 0 Å². The van der Waals surface area contributed by atoms with E-state index in [0.29, 0.717) is 10.8 Å². The first-order valence-electron chi connectivity index (χ1n) is 8.17. The molecule has 3 aromatic rings. The summed E-state index contributed by atoms with van der Waals surface area (Å²) in [7, 11) is 1.62. The summed E-state index contributed by atoms with van der Waals surface area (Å²) < 4.78 is 5.15. The predicted molar refractivity (Wildman–Crippen MR) is 114 cm³/mol. The molecule has 0 aliphatic rings. The van der Waals surface area contributed by atoms with Crippen molar-refractivity contribution in [2.45, 2.75) is 0 Å². The summed E-state index contributed by atoms with van der Waals surface area (Å²) >= 11 is 5.44. The Morgan fingerprint density at radius 1 is 0.926 bits per heavy atom. The average Bonchev–Trinajstić information content (AvgIpc) is 2.70. The Hall–Kier alpha value is -3.54. The fourth-order valence-corrected chi connectivity index (χ4v) is 2.85. The van der Waals surface area contributed by atoms with Gasteiger partial charge >= 0.3 is 0 Å². The van der Waals surface area contributed by atoms with Gasteiger partial charge in [0.15, 0.2) is 5.11 Å². The van der Waals surface area contributed by atoms with Crippen LogP contribution in [0.3, 0.4) is 0 Å². The van der Waals surface area contributed by atoms with Crippen LogP contribution in [0.15, 0.2) is 77.9 Å². The van der Waals surface area contributed by atoms with E-state index in [2.05, 4.69) is 20.7 Å². The van der Waals surface area contributed by atoms with Crippen molar-refractivity contribution < 1.29 is 4.74 Å². The van der Waals surface area contributed by atoms with E-state index < -0.39 is 0 Å². The number of hydrogen-bond donors (Lipinski definition) is 2. The topological polar surface area (TPSA) is 82.0 Å². The molecule has 134 valence electrons. The van der Waals surface area contributed by atoms with E-state index in [0.717, 1.165) is 28.3 Å². The maximum atomic E-state index is 8.81. The molecule has 0 bridgehead atoms. The lowest BCUT2D eigenvalue weighted by Crippen LogP contribution is -2.19. The number of ether oxygens (including phenoxy) is 1. The minimum Gasteiger partial charge on any atom is -0.497 e. The van der Waals surface area contributed by atoms with E-state index >= 15 is 0 Å². The summed E-state index contributed by atoms with van der Waals surface area (Å²) in [5.41, 5.74) is 12.7. The number of thiocarbonyl (C=S) groups is 1. The number of benzene rings is 3. The van der Waals surface area contributed by atoms with Gasteiger partial charge in [-0.25, -0.2) is 0 Å². The molecule has 27 heavy (non-hydrogen) atoms.